The maximum atomic E-state index is 13.4. The van der Waals surface area contributed by atoms with E-state index in [1.807, 2.05) is 36.4 Å². The van der Waals surface area contributed by atoms with Crippen molar-refractivity contribution in [3.05, 3.63) is 87.3 Å². The minimum atomic E-state index is -1.93. The lowest BCUT2D eigenvalue weighted by molar-refractivity contribution is -0.136. The van der Waals surface area contributed by atoms with E-state index in [1.165, 1.54) is 6.26 Å². The molecule has 1 aromatic heterocycles. The van der Waals surface area contributed by atoms with Gasteiger partial charge in [0.2, 0.25) is 0 Å². The number of rotatable bonds is 5. The number of aliphatic hydroxyl groups is 1. The molecule has 1 aliphatic rings. The van der Waals surface area contributed by atoms with Crippen molar-refractivity contribution in [1.82, 2.24) is 0 Å². The quantitative estimate of drug-likeness (QED) is 0.569. The Bertz CT molecular complexity index is 1090. The Labute approximate surface area is 177 Å². The first-order valence-electron chi connectivity index (χ1n) is 9.27. The average molecular weight is 454 g/mol. The first-order valence-corrected chi connectivity index (χ1v) is 10.1. The molecule has 0 fully saturated rings. The molecule has 0 bridgehead atoms. The number of anilines is 1. The summed E-state index contributed by atoms with van der Waals surface area (Å²) in [6.45, 7) is 3.79. The van der Waals surface area contributed by atoms with Crippen molar-refractivity contribution in [1.29, 1.82) is 0 Å². The lowest BCUT2D eigenvalue weighted by Crippen LogP contribution is -2.41. The van der Waals surface area contributed by atoms with E-state index in [0.29, 0.717) is 34.7 Å². The molecular formula is C23H20BrNO4. The zero-order valence-electron chi connectivity index (χ0n) is 16.1. The molecule has 148 valence electrons. The Morgan fingerprint density at radius 2 is 1.90 bits per heavy atom. The number of furan rings is 1. The highest BCUT2D eigenvalue weighted by molar-refractivity contribution is 9.10. The molecule has 0 saturated carbocycles. The molecule has 6 heteroatoms. The number of aryl methyl sites for hydroxylation is 2. The van der Waals surface area contributed by atoms with Gasteiger partial charge < -0.3 is 14.4 Å². The van der Waals surface area contributed by atoms with Gasteiger partial charge in [0.1, 0.15) is 5.76 Å². The zero-order valence-corrected chi connectivity index (χ0v) is 17.7. The highest BCUT2D eigenvalue weighted by Gasteiger charge is 2.51. The Kier molecular flexibility index (Phi) is 4.92. The van der Waals surface area contributed by atoms with Crippen LogP contribution in [0.15, 0.2) is 63.7 Å². The first-order chi connectivity index (χ1) is 13.8. The van der Waals surface area contributed by atoms with Gasteiger partial charge in [-0.15, -0.1) is 0 Å². The van der Waals surface area contributed by atoms with E-state index in [9.17, 15) is 14.7 Å². The summed E-state index contributed by atoms with van der Waals surface area (Å²) in [6.07, 6.45) is 1.16. The number of nitrogens with zero attached hydrogens (tertiary/aromatic N) is 1. The molecule has 1 N–H and O–H groups in total. The Morgan fingerprint density at radius 1 is 1.17 bits per heavy atom. The highest BCUT2D eigenvalue weighted by Crippen LogP contribution is 2.45. The largest absolute Gasteiger partial charge is 0.469 e. The fourth-order valence-corrected chi connectivity index (χ4v) is 4.29. The number of benzene rings is 2. The second-order valence-electron chi connectivity index (χ2n) is 7.35. The van der Waals surface area contributed by atoms with Gasteiger partial charge in [-0.1, -0.05) is 46.3 Å². The van der Waals surface area contributed by atoms with Crippen molar-refractivity contribution >= 4 is 33.3 Å². The predicted molar refractivity (Wildman–Crippen MR) is 113 cm³/mol. The van der Waals surface area contributed by atoms with E-state index in [4.69, 9.17) is 4.42 Å². The standard InChI is InChI=1S/C23H20BrNO4/c1-14-13-29-15(2)21(14)20(26)11-23(28)18-10-17(24)8-9-19(18)25(22(23)27)12-16-6-4-3-5-7-16/h3-10,13,28H,11-12H2,1-2H3/t23-/m1/s1. The highest BCUT2D eigenvalue weighted by atomic mass is 79.9. The Morgan fingerprint density at radius 3 is 2.55 bits per heavy atom. The molecule has 3 aromatic rings. The van der Waals surface area contributed by atoms with Crippen molar-refractivity contribution < 1.29 is 19.1 Å². The van der Waals surface area contributed by atoms with Gasteiger partial charge in [0.25, 0.3) is 5.91 Å². The third-order valence-electron chi connectivity index (χ3n) is 5.33. The van der Waals surface area contributed by atoms with Gasteiger partial charge in [-0.05, 0) is 43.2 Å². The van der Waals surface area contributed by atoms with Crippen LogP contribution in [0.4, 0.5) is 5.69 Å². The van der Waals surface area contributed by atoms with Gasteiger partial charge in [0.15, 0.2) is 11.4 Å². The van der Waals surface area contributed by atoms with Crippen LogP contribution in [-0.2, 0) is 16.9 Å². The normalized spacial score (nSPS) is 18.2. The first kappa shape index (κ1) is 19.6. The van der Waals surface area contributed by atoms with E-state index in [-0.39, 0.29) is 12.2 Å². The average Bonchev–Trinajstić information content (AvgIpc) is 3.13. The molecule has 1 atom stereocenters. The number of carbonyl (C=O) groups excluding carboxylic acids is 2. The molecule has 4 rings (SSSR count). The number of Topliss-reactive ketones (excluding diaryl/α,β-unsaturated/α-hetero) is 1. The molecule has 5 nitrogen and oxygen atoms in total. The molecule has 29 heavy (non-hydrogen) atoms. The molecule has 0 unspecified atom stereocenters. The van der Waals surface area contributed by atoms with E-state index in [2.05, 4.69) is 15.9 Å². The van der Waals surface area contributed by atoms with Crippen LogP contribution in [0.25, 0.3) is 0 Å². The fraction of sp³-hybridized carbons (Fsp3) is 0.217. The van der Waals surface area contributed by atoms with Gasteiger partial charge in [-0.2, -0.15) is 0 Å². The van der Waals surface area contributed by atoms with Crippen LogP contribution in [0.1, 0.15) is 39.2 Å². The smallest absolute Gasteiger partial charge is 0.264 e. The van der Waals surface area contributed by atoms with Crippen LogP contribution >= 0.6 is 15.9 Å². The topological polar surface area (TPSA) is 70.7 Å². The van der Waals surface area contributed by atoms with Crippen molar-refractivity contribution in [2.24, 2.45) is 0 Å². The van der Waals surface area contributed by atoms with Crippen molar-refractivity contribution in [3.63, 3.8) is 0 Å². The third-order valence-corrected chi connectivity index (χ3v) is 5.82. The second kappa shape index (κ2) is 7.28. The van der Waals surface area contributed by atoms with Gasteiger partial charge >= 0.3 is 0 Å². The minimum Gasteiger partial charge on any atom is -0.469 e. The van der Waals surface area contributed by atoms with Crippen LogP contribution < -0.4 is 4.90 Å². The lowest BCUT2D eigenvalue weighted by Gasteiger charge is -2.23. The summed E-state index contributed by atoms with van der Waals surface area (Å²) >= 11 is 3.41. The summed E-state index contributed by atoms with van der Waals surface area (Å²) in [7, 11) is 0. The summed E-state index contributed by atoms with van der Waals surface area (Å²) < 4.78 is 6.05. The molecule has 1 amide bonds. The lowest BCUT2D eigenvalue weighted by atomic mass is 9.87. The van der Waals surface area contributed by atoms with E-state index in [1.54, 1.807) is 30.9 Å². The van der Waals surface area contributed by atoms with Gasteiger partial charge in [-0.3, -0.25) is 9.59 Å². The van der Waals surface area contributed by atoms with Crippen molar-refractivity contribution in [3.8, 4) is 0 Å². The summed E-state index contributed by atoms with van der Waals surface area (Å²) in [4.78, 5) is 27.9. The molecule has 1 aliphatic heterocycles. The molecule has 2 heterocycles. The molecule has 0 saturated heterocycles. The maximum Gasteiger partial charge on any atom is 0.264 e. The fourth-order valence-electron chi connectivity index (χ4n) is 3.93. The van der Waals surface area contributed by atoms with Crippen molar-refractivity contribution in [2.75, 3.05) is 4.90 Å². The van der Waals surface area contributed by atoms with Crippen LogP contribution in [0.2, 0.25) is 0 Å². The second-order valence-corrected chi connectivity index (χ2v) is 8.26. The zero-order chi connectivity index (χ0) is 20.8. The number of ketones is 1. The number of fused-ring (bicyclic) bond motifs is 1. The van der Waals surface area contributed by atoms with E-state index >= 15 is 0 Å². The molecule has 0 radical (unpaired) electrons. The summed E-state index contributed by atoms with van der Waals surface area (Å²) in [5, 5.41) is 11.5. The van der Waals surface area contributed by atoms with Crippen LogP contribution in [0.5, 0.6) is 0 Å². The summed E-state index contributed by atoms with van der Waals surface area (Å²) in [6, 6.07) is 14.9. The van der Waals surface area contributed by atoms with Crippen LogP contribution in [0, 0.1) is 13.8 Å². The van der Waals surface area contributed by atoms with Crippen LogP contribution in [-0.4, -0.2) is 16.8 Å². The van der Waals surface area contributed by atoms with Gasteiger partial charge in [0, 0.05) is 10.0 Å². The van der Waals surface area contributed by atoms with Gasteiger partial charge in [-0.25, -0.2) is 0 Å². The third kappa shape index (κ3) is 3.32. The molecular weight excluding hydrogens is 434 g/mol. The van der Waals surface area contributed by atoms with E-state index < -0.39 is 11.5 Å². The Hall–Kier alpha value is -2.70. The number of halogens is 1. The monoisotopic (exact) mass is 453 g/mol. The number of hydrogen-bond donors (Lipinski definition) is 1. The van der Waals surface area contributed by atoms with E-state index in [0.717, 1.165) is 10.0 Å². The number of hydrogen-bond acceptors (Lipinski definition) is 4. The summed E-state index contributed by atoms with van der Waals surface area (Å²) in [5.74, 6) is -0.337. The number of amides is 1. The number of carbonyl (C=O) groups is 2. The summed E-state index contributed by atoms with van der Waals surface area (Å²) in [5.41, 5.74) is 1.16. The Balaban J connectivity index is 1.74. The minimum absolute atomic E-state index is 0.314. The van der Waals surface area contributed by atoms with Crippen molar-refractivity contribution in [2.45, 2.75) is 32.4 Å². The van der Waals surface area contributed by atoms with Crippen LogP contribution in [0.3, 0.4) is 0 Å². The molecule has 0 aliphatic carbocycles. The van der Waals surface area contributed by atoms with Gasteiger partial charge in [0.05, 0.1) is 30.5 Å². The maximum absolute atomic E-state index is 13.4. The molecule has 2 aromatic carbocycles. The molecule has 0 spiro atoms. The SMILES string of the molecule is Cc1coc(C)c1C(=O)C[C@]1(O)C(=O)N(Cc2ccccc2)c2ccc(Br)cc21. The predicted octanol–water partition coefficient (Wildman–Crippen LogP) is 4.67.